The summed E-state index contributed by atoms with van der Waals surface area (Å²) < 4.78 is 51.9. The van der Waals surface area contributed by atoms with Crippen LogP contribution in [-0.2, 0) is 6.18 Å². The molecule has 0 aliphatic rings. The predicted molar refractivity (Wildman–Crippen MR) is 87.1 cm³/mol. The van der Waals surface area contributed by atoms with E-state index in [0.29, 0.717) is 21.4 Å². The second-order valence-corrected chi connectivity index (χ2v) is 6.33. The fourth-order valence-corrected chi connectivity index (χ4v) is 3.36. The van der Waals surface area contributed by atoms with Crippen molar-refractivity contribution in [3.8, 4) is 20.9 Å². The predicted octanol–water partition coefficient (Wildman–Crippen LogP) is 5.94. The molecule has 1 N–H and O–H groups in total. The zero-order valence-corrected chi connectivity index (χ0v) is 13.3. The topological polar surface area (TPSA) is 37.3 Å². The van der Waals surface area contributed by atoms with Crippen LogP contribution in [0.3, 0.4) is 0 Å². The maximum absolute atomic E-state index is 14.1. The number of alkyl halides is 3. The minimum absolute atomic E-state index is 0.0682. The van der Waals surface area contributed by atoms with Gasteiger partial charge in [-0.2, -0.15) is 13.2 Å². The van der Waals surface area contributed by atoms with E-state index in [9.17, 15) is 22.4 Å². The van der Waals surface area contributed by atoms with Crippen LogP contribution in [0.4, 0.5) is 17.6 Å². The molecule has 25 heavy (non-hydrogen) atoms. The molecule has 0 saturated heterocycles. The van der Waals surface area contributed by atoms with E-state index in [4.69, 9.17) is 5.11 Å². The van der Waals surface area contributed by atoms with Gasteiger partial charge in [0.15, 0.2) is 0 Å². The van der Waals surface area contributed by atoms with Gasteiger partial charge in [0.05, 0.1) is 11.1 Å². The normalized spacial score (nSPS) is 11.5. The summed E-state index contributed by atoms with van der Waals surface area (Å²) in [5.41, 5.74) is -0.213. The number of carbonyl (C=O) groups is 1. The van der Waals surface area contributed by atoms with Gasteiger partial charge in [0.1, 0.15) is 5.82 Å². The molecular weight excluding hydrogens is 356 g/mol. The lowest BCUT2D eigenvalue weighted by atomic mass is 10.1. The highest BCUT2D eigenvalue weighted by Crippen LogP contribution is 2.38. The summed E-state index contributed by atoms with van der Waals surface area (Å²) in [5, 5.41) is 9.03. The molecule has 2 nitrogen and oxygen atoms in total. The SMILES string of the molecule is O=C(O)c1cccc(-c2ccc(-c3ccc(C(F)(F)F)cc3F)s2)c1. The third-order valence-electron chi connectivity index (χ3n) is 3.56. The number of benzene rings is 2. The summed E-state index contributed by atoms with van der Waals surface area (Å²) in [6, 6.07) is 11.9. The lowest BCUT2D eigenvalue weighted by Gasteiger charge is -2.08. The number of aromatic carboxylic acids is 1. The summed E-state index contributed by atoms with van der Waals surface area (Å²) in [6.45, 7) is 0. The van der Waals surface area contributed by atoms with E-state index in [2.05, 4.69) is 0 Å². The van der Waals surface area contributed by atoms with E-state index in [-0.39, 0.29) is 11.1 Å². The van der Waals surface area contributed by atoms with E-state index in [1.165, 1.54) is 23.5 Å². The van der Waals surface area contributed by atoms with Crippen molar-refractivity contribution in [2.45, 2.75) is 6.18 Å². The van der Waals surface area contributed by atoms with E-state index < -0.39 is 23.5 Å². The van der Waals surface area contributed by atoms with Crippen LogP contribution in [0.1, 0.15) is 15.9 Å². The van der Waals surface area contributed by atoms with Crippen LogP contribution in [0.25, 0.3) is 20.9 Å². The van der Waals surface area contributed by atoms with Gasteiger partial charge in [0.2, 0.25) is 0 Å². The second kappa shape index (κ2) is 6.33. The molecule has 0 aliphatic carbocycles. The number of hydrogen-bond donors (Lipinski definition) is 1. The van der Waals surface area contributed by atoms with Crippen molar-refractivity contribution in [3.63, 3.8) is 0 Å². The molecule has 0 radical (unpaired) electrons. The Labute approximate surface area is 144 Å². The standard InChI is InChI=1S/C18H10F4O2S/c19-14-9-12(18(20,21)22)4-5-13(14)16-7-6-15(25-16)10-2-1-3-11(8-10)17(23)24/h1-9H,(H,23,24). The number of carboxylic acids is 1. The van der Waals surface area contributed by atoms with Gasteiger partial charge in [0, 0.05) is 15.3 Å². The Balaban J connectivity index is 1.97. The smallest absolute Gasteiger partial charge is 0.416 e. The van der Waals surface area contributed by atoms with Gasteiger partial charge in [-0.1, -0.05) is 18.2 Å². The van der Waals surface area contributed by atoms with Crippen LogP contribution in [0, 0.1) is 5.82 Å². The van der Waals surface area contributed by atoms with Gasteiger partial charge in [-0.15, -0.1) is 11.3 Å². The molecule has 3 rings (SSSR count). The zero-order valence-electron chi connectivity index (χ0n) is 12.5. The summed E-state index contributed by atoms with van der Waals surface area (Å²) >= 11 is 1.17. The molecule has 0 saturated carbocycles. The average Bonchev–Trinajstić information content (AvgIpc) is 3.03. The van der Waals surface area contributed by atoms with Crippen molar-refractivity contribution in [1.82, 2.24) is 0 Å². The highest BCUT2D eigenvalue weighted by Gasteiger charge is 2.31. The number of rotatable bonds is 3. The summed E-state index contributed by atoms with van der Waals surface area (Å²) in [6.07, 6.45) is -4.60. The Kier molecular flexibility index (Phi) is 4.34. The molecule has 0 bridgehead atoms. The number of hydrogen-bond acceptors (Lipinski definition) is 2. The maximum atomic E-state index is 14.1. The molecule has 0 atom stereocenters. The number of thiophene rings is 1. The number of halogens is 4. The van der Waals surface area contributed by atoms with E-state index in [0.717, 1.165) is 12.1 Å². The third kappa shape index (κ3) is 3.56. The van der Waals surface area contributed by atoms with Gasteiger partial charge in [-0.3, -0.25) is 0 Å². The van der Waals surface area contributed by atoms with Crippen molar-refractivity contribution in [2.24, 2.45) is 0 Å². The zero-order chi connectivity index (χ0) is 18.2. The van der Waals surface area contributed by atoms with Crippen LogP contribution in [-0.4, -0.2) is 11.1 Å². The Hall–Kier alpha value is -2.67. The molecule has 1 aromatic heterocycles. The van der Waals surface area contributed by atoms with E-state index >= 15 is 0 Å². The molecular formula is C18H10F4O2S. The minimum atomic E-state index is -4.60. The maximum Gasteiger partial charge on any atom is 0.416 e. The fraction of sp³-hybridized carbons (Fsp3) is 0.0556. The molecule has 0 fully saturated rings. The van der Waals surface area contributed by atoms with Crippen LogP contribution in [0.5, 0.6) is 0 Å². The Morgan fingerprint density at radius 2 is 1.68 bits per heavy atom. The molecule has 3 aromatic rings. The minimum Gasteiger partial charge on any atom is -0.478 e. The van der Waals surface area contributed by atoms with Gasteiger partial charge in [-0.05, 0) is 42.0 Å². The van der Waals surface area contributed by atoms with Crippen LogP contribution in [0.15, 0.2) is 54.6 Å². The molecule has 2 aromatic carbocycles. The third-order valence-corrected chi connectivity index (χ3v) is 4.73. The van der Waals surface area contributed by atoms with Crippen molar-refractivity contribution in [1.29, 1.82) is 0 Å². The summed E-state index contributed by atoms with van der Waals surface area (Å²) in [5.74, 6) is -2.02. The van der Waals surface area contributed by atoms with Crippen molar-refractivity contribution in [2.75, 3.05) is 0 Å². The van der Waals surface area contributed by atoms with Gasteiger partial charge in [-0.25, -0.2) is 9.18 Å². The summed E-state index contributed by atoms with van der Waals surface area (Å²) in [7, 11) is 0. The molecule has 0 unspecified atom stereocenters. The molecule has 7 heteroatoms. The highest BCUT2D eigenvalue weighted by molar-refractivity contribution is 7.18. The van der Waals surface area contributed by atoms with Crippen LogP contribution >= 0.6 is 11.3 Å². The van der Waals surface area contributed by atoms with Gasteiger partial charge < -0.3 is 5.11 Å². The fourth-order valence-electron chi connectivity index (χ4n) is 2.33. The lowest BCUT2D eigenvalue weighted by molar-refractivity contribution is -0.137. The highest BCUT2D eigenvalue weighted by atomic mass is 32.1. The van der Waals surface area contributed by atoms with Crippen LogP contribution in [0.2, 0.25) is 0 Å². The quantitative estimate of drug-likeness (QED) is 0.583. The first-order chi connectivity index (χ1) is 11.8. The van der Waals surface area contributed by atoms with Gasteiger partial charge >= 0.3 is 12.1 Å². The lowest BCUT2D eigenvalue weighted by Crippen LogP contribution is -2.05. The van der Waals surface area contributed by atoms with Gasteiger partial charge in [0.25, 0.3) is 0 Å². The van der Waals surface area contributed by atoms with Crippen molar-refractivity contribution < 1.29 is 27.5 Å². The van der Waals surface area contributed by atoms with E-state index in [1.807, 2.05) is 0 Å². The molecule has 128 valence electrons. The Bertz CT molecular complexity index is 944. The molecule has 0 aliphatic heterocycles. The monoisotopic (exact) mass is 366 g/mol. The molecule has 0 amide bonds. The molecule has 1 heterocycles. The van der Waals surface area contributed by atoms with E-state index in [1.54, 1.807) is 24.3 Å². The Morgan fingerprint density at radius 1 is 0.960 bits per heavy atom. The molecule has 0 spiro atoms. The first-order valence-electron chi connectivity index (χ1n) is 7.06. The Morgan fingerprint density at radius 3 is 2.32 bits per heavy atom. The van der Waals surface area contributed by atoms with Crippen LogP contribution < -0.4 is 0 Å². The van der Waals surface area contributed by atoms with Crippen molar-refractivity contribution >= 4 is 17.3 Å². The largest absolute Gasteiger partial charge is 0.478 e. The van der Waals surface area contributed by atoms with Crippen molar-refractivity contribution in [3.05, 3.63) is 71.5 Å². The first kappa shape index (κ1) is 17.2. The second-order valence-electron chi connectivity index (χ2n) is 5.24. The first-order valence-corrected chi connectivity index (χ1v) is 7.88. The number of carboxylic acid groups (broad SMARTS) is 1. The average molecular weight is 366 g/mol. The summed E-state index contributed by atoms with van der Waals surface area (Å²) in [4.78, 5) is 12.2.